The number of hydrogen-bond donors (Lipinski definition) is 1. The van der Waals surface area contributed by atoms with Crippen molar-refractivity contribution in [2.45, 2.75) is 6.18 Å². The highest BCUT2D eigenvalue weighted by Gasteiger charge is 2.31. The first-order valence-electron chi connectivity index (χ1n) is 7.66. The number of aromatic nitrogens is 2. The number of ether oxygens (including phenoxy) is 1. The summed E-state index contributed by atoms with van der Waals surface area (Å²) in [7, 11) is 1.36. The predicted molar refractivity (Wildman–Crippen MR) is 94.5 cm³/mol. The van der Waals surface area contributed by atoms with E-state index in [-0.39, 0.29) is 22.7 Å². The summed E-state index contributed by atoms with van der Waals surface area (Å²) in [4.78, 5) is 12.6. The van der Waals surface area contributed by atoms with Crippen LogP contribution >= 0.6 is 11.6 Å². The van der Waals surface area contributed by atoms with Gasteiger partial charge in [0, 0.05) is 17.4 Å². The largest absolute Gasteiger partial charge is 0.496 e. The van der Waals surface area contributed by atoms with Crippen molar-refractivity contribution >= 4 is 23.2 Å². The minimum absolute atomic E-state index is 0.0458. The maximum atomic E-state index is 13.1. The van der Waals surface area contributed by atoms with E-state index in [0.717, 1.165) is 12.1 Å². The van der Waals surface area contributed by atoms with Gasteiger partial charge in [-0.2, -0.15) is 18.3 Å². The van der Waals surface area contributed by atoms with E-state index in [2.05, 4.69) is 10.4 Å². The Balaban J connectivity index is 2.03. The van der Waals surface area contributed by atoms with Gasteiger partial charge < -0.3 is 10.1 Å². The minimum Gasteiger partial charge on any atom is -0.496 e. The van der Waals surface area contributed by atoms with Gasteiger partial charge in [0.05, 0.1) is 29.6 Å². The number of benzene rings is 2. The average molecular weight is 396 g/mol. The lowest BCUT2D eigenvalue weighted by molar-refractivity contribution is -0.137. The molecular formula is C18H13ClF3N3O2. The van der Waals surface area contributed by atoms with E-state index in [9.17, 15) is 18.0 Å². The fraction of sp³-hybridized carbons (Fsp3) is 0.111. The first kappa shape index (κ1) is 18.8. The maximum Gasteiger partial charge on any atom is 0.416 e. The molecule has 0 saturated heterocycles. The predicted octanol–water partition coefficient (Wildman–Crippen LogP) is 4.81. The smallest absolute Gasteiger partial charge is 0.416 e. The molecule has 0 bridgehead atoms. The number of amides is 1. The molecule has 27 heavy (non-hydrogen) atoms. The summed E-state index contributed by atoms with van der Waals surface area (Å²) < 4.78 is 45.8. The molecule has 5 nitrogen and oxygen atoms in total. The van der Waals surface area contributed by atoms with Crippen LogP contribution in [0.15, 0.2) is 54.9 Å². The van der Waals surface area contributed by atoms with Crippen molar-refractivity contribution in [2.24, 2.45) is 0 Å². The van der Waals surface area contributed by atoms with Crippen LogP contribution in [0.3, 0.4) is 0 Å². The quantitative estimate of drug-likeness (QED) is 0.690. The molecule has 1 amide bonds. The van der Waals surface area contributed by atoms with Crippen molar-refractivity contribution in [1.29, 1.82) is 0 Å². The van der Waals surface area contributed by atoms with Crippen molar-refractivity contribution < 1.29 is 22.7 Å². The zero-order valence-corrected chi connectivity index (χ0v) is 14.7. The van der Waals surface area contributed by atoms with E-state index in [0.29, 0.717) is 5.02 Å². The monoisotopic (exact) mass is 395 g/mol. The van der Waals surface area contributed by atoms with Gasteiger partial charge in [-0.15, -0.1) is 0 Å². The van der Waals surface area contributed by atoms with E-state index < -0.39 is 17.6 Å². The number of halogens is 4. The maximum absolute atomic E-state index is 13.1. The molecule has 3 aromatic rings. The highest BCUT2D eigenvalue weighted by Crippen LogP contribution is 2.34. The Morgan fingerprint density at radius 2 is 2.00 bits per heavy atom. The highest BCUT2D eigenvalue weighted by molar-refractivity contribution is 6.31. The molecule has 0 atom stereocenters. The Morgan fingerprint density at radius 1 is 1.22 bits per heavy atom. The van der Waals surface area contributed by atoms with Gasteiger partial charge in [-0.05, 0) is 42.5 Å². The Labute approximate surface area is 157 Å². The topological polar surface area (TPSA) is 56.1 Å². The van der Waals surface area contributed by atoms with Crippen LogP contribution in [-0.2, 0) is 6.18 Å². The van der Waals surface area contributed by atoms with E-state index in [1.54, 1.807) is 12.3 Å². The number of hydrogen-bond acceptors (Lipinski definition) is 3. The Morgan fingerprint density at radius 3 is 2.63 bits per heavy atom. The van der Waals surface area contributed by atoms with E-state index in [1.165, 1.54) is 42.3 Å². The second-order valence-electron chi connectivity index (χ2n) is 5.48. The molecular weight excluding hydrogens is 383 g/mol. The van der Waals surface area contributed by atoms with Gasteiger partial charge in [-0.1, -0.05) is 11.6 Å². The van der Waals surface area contributed by atoms with Gasteiger partial charge in [0.2, 0.25) is 0 Å². The summed E-state index contributed by atoms with van der Waals surface area (Å²) in [5.41, 5.74) is -0.521. The Hall–Kier alpha value is -3.00. The van der Waals surface area contributed by atoms with Crippen LogP contribution in [0.5, 0.6) is 5.75 Å². The molecule has 1 aromatic heterocycles. The summed E-state index contributed by atoms with van der Waals surface area (Å²) in [6.07, 6.45) is -1.52. The Bertz CT molecular complexity index is 972. The molecule has 0 aliphatic carbocycles. The van der Waals surface area contributed by atoms with Crippen molar-refractivity contribution in [2.75, 3.05) is 12.4 Å². The zero-order chi connectivity index (χ0) is 19.6. The lowest BCUT2D eigenvalue weighted by atomic mass is 10.1. The van der Waals surface area contributed by atoms with Crippen LogP contribution in [0.2, 0.25) is 5.02 Å². The standard InChI is InChI=1S/C18H13ClF3N3O2/c1-27-16-10-12(19)4-5-13(16)17(26)24-14-9-11(18(20,21)22)3-6-15(14)25-8-2-7-23-25/h2-10H,1H3,(H,24,26). The van der Waals surface area contributed by atoms with Gasteiger partial charge in [-0.25, -0.2) is 4.68 Å². The number of carbonyl (C=O) groups excluding carboxylic acids is 1. The second-order valence-corrected chi connectivity index (χ2v) is 5.92. The van der Waals surface area contributed by atoms with Gasteiger partial charge in [0.25, 0.3) is 5.91 Å². The van der Waals surface area contributed by atoms with E-state index in [4.69, 9.17) is 16.3 Å². The summed E-state index contributed by atoms with van der Waals surface area (Å²) in [5.74, 6) is -0.441. The third-order valence-corrected chi connectivity index (χ3v) is 3.97. The molecule has 0 unspecified atom stereocenters. The van der Waals surface area contributed by atoms with Crippen LogP contribution in [0.4, 0.5) is 18.9 Å². The second kappa shape index (κ2) is 7.32. The number of alkyl halides is 3. The molecule has 0 fully saturated rings. The van der Waals surface area contributed by atoms with Crippen molar-refractivity contribution in [3.63, 3.8) is 0 Å². The van der Waals surface area contributed by atoms with E-state index >= 15 is 0 Å². The first-order chi connectivity index (χ1) is 12.8. The van der Waals surface area contributed by atoms with Gasteiger partial charge in [0.1, 0.15) is 5.75 Å². The number of nitrogens with one attached hydrogen (secondary N) is 1. The van der Waals surface area contributed by atoms with Gasteiger partial charge in [0.15, 0.2) is 0 Å². The van der Waals surface area contributed by atoms with Crippen LogP contribution in [-0.4, -0.2) is 22.8 Å². The lowest BCUT2D eigenvalue weighted by Gasteiger charge is -2.15. The van der Waals surface area contributed by atoms with Gasteiger partial charge in [-0.3, -0.25) is 4.79 Å². The van der Waals surface area contributed by atoms with Crippen LogP contribution in [0.25, 0.3) is 5.69 Å². The summed E-state index contributed by atoms with van der Waals surface area (Å²) >= 11 is 5.88. The molecule has 2 aromatic carbocycles. The van der Waals surface area contributed by atoms with Crippen molar-refractivity contribution in [1.82, 2.24) is 9.78 Å². The number of rotatable bonds is 4. The average Bonchev–Trinajstić information content (AvgIpc) is 3.15. The molecule has 0 saturated carbocycles. The van der Waals surface area contributed by atoms with Gasteiger partial charge >= 0.3 is 6.18 Å². The molecule has 140 valence electrons. The third-order valence-electron chi connectivity index (χ3n) is 3.73. The molecule has 1 N–H and O–H groups in total. The van der Waals surface area contributed by atoms with Crippen LogP contribution in [0.1, 0.15) is 15.9 Å². The lowest BCUT2D eigenvalue weighted by Crippen LogP contribution is -2.16. The third kappa shape index (κ3) is 4.06. The highest BCUT2D eigenvalue weighted by atomic mass is 35.5. The molecule has 0 aliphatic rings. The summed E-state index contributed by atoms with van der Waals surface area (Å²) in [5, 5.41) is 6.87. The fourth-order valence-corrected chi connectivity index (χ4v) is 2.63. The van der Waals surface area contributed by atoms with Crippen molar-refractivity contribution in [3.05, 3.63) is 71.0 Å². The number of methoxy groups -OCH3 is 1. The van der Waals surface area contributed by atoms with Crippen LogP contribution < -0.4 is 10.1 Å². The zero-order valence-electron chi connectivity index (χ0n) is 13.9. The number of nitrogens with zero attached hydrogens (tertiary/aromatic N) is 2. The molecule has 3 rings (SSSR count). The summed E-state index contributed by atoms with van der Waals surface area (Å²) in [6, 6.07) is 9.00. The first-order valence-corrected chi connectivity index (χ1v) is 8.03. The van der Waals surface area contributed by atoms with Crippen molar-refractivity contribution in [3.8, 4) is 11.4 Å². The SMILES string of the molecule is COc1cc(Cl)ccc1C(=O)Nc1cc(C(F)(F)F)ccc1-n1cccn1. The van der Waals surface area contributed by atoms with Crippen LogP contribution in [0, 0.1) is 0 Å². The molecule has 0 radical (unpaired) electrons. The number of anilines is 1. The molecule has 9 heteroatoms. The fourth-order valence-electron chi connectivity index (χ4n) is 2.47. The molecule has 0 spiro atoms. The molecule has 0 aliphatic heterocycles. The Kier molecular flexibility index (Phi) is 5.09. The van der Waals surface area contributed by atoms with E-state index in [1.807, 2.05) is 0 Å². The number of carbonyl (C=O) groups is 1. The summed E-state index contributed by atoms with van der Waals surface area (Å²) in [6.45, 7) is 0. The molecule has 1 heterocycles. The minimum atomic E-state index is -4.56. The normalized spacial score (nSPS) is 11.3.